The average molecular weight is 325 g/mol. The van der Waals surface area contributed by atoms with E-state index in [1.54, 1.807) is 23.6 Å². The van der Waals surface area contributed by atoms with Gasteiger partial charge in [-0.15, -0.1) is 11.8 Å². The van der Waals surface area contributed by atoms with E-state index in [9.17, 15) is 9.59 Å². The molecule has 2 heterocycles. The zero-order valence-corrected chi connectivity index (χ0v) is 14.2. The summed E-state index contributed by atoms with van der Waals surface area (Å²) in [6, 6.07) is -0.786. The summed E-state index contributed by atoms with van der Waals surface area (Å²) in [5.74, 6) is 1.34. The van der Waals surface area contributed by atoms with Gasteiger partial charge in [0.05, 0.1) is 5.88 Å². The molecule has 2 rings (SSSR count). The van der Waals surface area contributed by atoms with E-state index in [-0.39, 0.29) is 17.9 Å². The van der Waals surface area contributed by atoms with Crippen LogP contribution in [0.4, 0.5) is 0 Å². The summed E-state index contributed by atoms with van der Waals surface area (Å²) in [5.41, 5.74) is 0. The lowest BCUT2D eigenvalue weighted by Gasteiger charge is -2.27. The predicted molar refractivity (Wildman–Crippen MR) is 85.1 cm³/mol. The number of rotatable bonds is 5. The summed E-state index contributed by atoms with van der Waals surface area (Å²) in [6.07, 6.45) is 2.92. The first-order chi connectivity index (χ1) is 10.4. The molecular formula is C14H23N5O2S. The molecule has 0 saturated carbocycles. The predicted octanol–water partition coefficient (Wildman–Crippen LogP) is 0.901. The number of aromatic nitrogens is 3. The summed E-state index contributed by atoms with van der Waals surface area (Å²) in [7, 11) is 0. The lowest BCUT2D eigenvalue weighted by Crippen LogP contribution is -2.51. The van der Waals surface area contributed by atoms with Crippen molar-refractivity contribution in [1.82, 2.24) is 25.0 Å². The number of hydrogen-bond donors (Lipinski definition) is 1. The number of hydrogen-bond acceptors (Lipinski definition) is 5. The van der Waals surface area contributed by atoms with Crippen LogP contribution >= 0.6 is 11.8 Å². The van der Waals surface area contributed by atoms with Gasteiger partial charge < -0.3 is 10.2 Å². The zero-order chi connectivity index (χ0) is 16.3. The first kappa shape index (κ1) is 16.8. The Balaban J connectivity index is 2.03. The van der Waals surface area contributed by atoms with Gasteiger partial charge in [-0.3, -0.25) is 9.59 Å². The summed E-state index contributed by atoms with van der Waals surface area (Å²) in [5, 5.41) is 7.00. The maximum absolute atomic E-state index is 12.6. The van der Waals surface area contributed by atoms with Crippen molar-refractivity contribution in [3.05, 3.63) is 12.7 Å². The number of thioether (sulfide) groups is 1. The van der Waals surface area contributed by atoms with E-state index in [0.717, 1.165) is 0 Å². The SMILES string of the molecule is CC(C)[C@H](C)NC(=O)[C@@H]1CSCN1C(=O)[C@H](C)n1cncn1. The molecule has 0 aliphatic carbocycles. The molecule has 8 heteroatoms. The van der Waals surface area contributed by atoms with E-state index < -0.39 is 12.1 Å². The van der Waals surface area contributed by atoms with Gasteiger partial charge in [-0.05, 0) is 19.8 Å². The van der Waals surface area contributed by atoms with Crippen molar-refractivity contribution in [2.45, 2.75) is 45.8 Å². The van der Waals surface area contributed by atoms with Crippen molar-refractivity contribution in [2.75, 3.05) is 11.6 Å². The van der Waals surface area contributed by atoms with Crippen LogP contribution in [0.3, 0.4) is 0 Å². The molecule has 1 aliphatic rings. The summed E-state index contributed by atoms with van der Waals surface area (Å²) < 4.78 is 1.51. The van der Waals surface area contributed by atoms with Gasteiger partial charge >= 0.3 is 0 Å². The Morgan fingerprint density at radius 3 is 2.64 bits per heavy atom. The molecule has 1 N–H and O–H groups in total. The van der Waals surface area contributed by atoms with Gasteiger partial charge in [0.15, 0.2) is 0 Å². The van der Waals surface area contributed by atoms with E-state index in [1.807, 2.05) is 6.92 Å². The Morgan fingerprint density at radius 1 is 1.32 bits per heavy atom. The van der Waals surface area contributed by atoms with Crippen LogP contribution in [0.2, 0.25) is 0 Å². The fraction of sp³-hybridized carbons (Fsp3) is 0.714. The monoisotopic (exact) mass is 325 g/mol. The first-order valence-electron chi connectivity index (χ1n) is 7.44. The topological polar surface area (TPSA) is 80.1 Å². The summed E-state index contributed by atoms with van der Waals surface area (Å²) in [4.78, 5) is 30.6. The molecule has 0 radical (unpaired) electrons. The standard InChI is InChI=1S/C14H23N5O2S/c1-9(2)10(3)17-13(20)12-5-22-8-18(12)14(21)11(4)19-7-15-6-16-19/h6-7,9-12H,5,8H2,1-4H3,(H,17,20)/t10-,11-,12-/m0/s1. The molecule has 0 aromatic carbocycles. The van der Waals surface area contributed by atoms with Crippen molar-refractivity contribution >= 4 is 23.6 Å². The lowest BCUT2D eigenvalue weighted by molar-refractivity contribution is -0.140. The summed E-state index contributed by atoms with van der Waals surface area (Å²) >= 11 is 1.60. The largest absolute Gasteiger partial charge is 0.352 e. The highest BCUT2D eigenvalue weighted by Gasteiger charge is 2.37. The maximum atomic E-state index is 12.6. The van der Waals surface area contributed by atoms with Crippen molar-refractivity contribution in [3.63, 3.8) is 0 Å². The molecule has 1 aliphatic heterocycles. The Morgan fingerprint density at radius 2 is 2.05 bits per heavy atom. The minimum Gasteiger partial charge on any atom is -0.352 e. The summed E-state index contributed by atoms with van der Waals surface area (Å²) in [6.45, 7) is 7.87. The highest BCUT2D eigenvalue weighted by molar-refractivity contribution is 7.99. The Bertz CT molecular complexity index is 519. The van der Waals surface area contributed by atoms with Gasteiger partial charge in [0.1, 0.15) is 24.7 Å². The van der Waals surface area contributed by atoms with Gasteiger partial charge in [0.2, 0.25) is 11.8 Å². The van der Waals surface area contributed by atoms with Gasteiger partial charge in [-0.2, -0.15) is 5.10 Å². The van der Waals surface area contributed by atoms with Crippen molar-refractivity contribution in [1.29, 1.82) is 0 Å². The van der Waals surface area contributed by atoms with E-state index >= 15 is 0 Å². The normalized spacial score (nSPS) is 21.0. The second-order valence-electron chi connectivity index (χ2n) is 5.92. The molecule has 122 valence electrons. The van der Waals surface area contributed by atoms with Crippen LogP contribution in [0, 0.1) is 5.92 Å². The van der Waals surface area contributed by atoms with E-state index in [4.69, 9.17) is 0 Å². The quantitative estimate of drug-likeness (QED) is 0.870. The molecule has 7 nitrogen and oxygen atoms in total. The van der Waals surface area contributed by atoms with Gasteiger partial charge in [0.25, 0.3) is 0 Å². The van der Waals surface area contributed by atoms with Crippen LogP contribution in [0.5, 0.6) is 0 Å². The molecule has 1 fully saturated rings. The smallest absolute Gasteiger partial charge is 0.248 e. The van der Waals surface area contributed by atoms with Crippen LogP contribution in [0.1, 0.15) is 33.7 Å². The van der Waals surface area contributed by atoms with Crippen molar-refractivity contribution in [3.8, 4) is 0 Å². The molecule has 0 spiro atoms. The number of nitrogens with zero attached hydrogens (tertiary/aromatic N) is 4. The van der Waals surface area contributed by atoms with E-state index in [0.29, 0.717) is 17.5 Å². The molecule has 0 unspecified atom stereocenters. The number of carbonyl (C=O) groups is 2. The third-order valence-electron chi connectivity index (χ3n) is 4.03. The van der Waals surface area contributed by atoms with Crippen molar-refractivity contribution < 1.29 is 9.59 Å². The number of nitrogens with one attached hydrogen (secondary N) is 1. The second kappa shape index (κ2) is 7.13. The molecule has 1 aromatic rings. The molecule has 1 saturated heterocycles. The second-order valence-corrected chi connectivity index (χ2v) is 6.92. The van der Waals surface area contributed by atoms with Crippen LogP contribution in [-0.4, -0.2) is 55.2 Å². The molecular weight excluding hydrogens is 302 g/mol. The lowest BCUT2D eigenvalue weighted by atomic mass is 10.1. The van der Waals surface area contributed by atoms with Gasteiger partial charge in [-0.25, -0.2) is 9.67 Å². The van der Waals surface area contributed by atoms with Crippen LogP contribution < -0.4 is 5.32 Å². The van der Waals surface area contributed by atoms with Crippen molar-refractivity contribution in [2.24, 2.45) is 5.92 Å². The molecule has 2 amide bonds. The third-order valence-corrected chi connectivity index (χ3v) is 5.04. The molecule has 1 aromatic heterocycles. The molecule has 22 heavy (non-hydrogen) atoms. The van der Waals surface area contributed by atoms with Gasteiger partial charge in [0, 0.05) is 11.8 Å². The minimum atomic E-state index is -0.459. The Labute approximate surface area is 134 Å². The van der Waals surface area contributed by atoms with Crippen LogP contribution in [0.25, 0.3) is 0 Å². The van der Waals surface area contributed by atoms with E-state index in [1.165, 1.54) is 17.3 Å². The first-order valence-corrected chi connectivity index (χ1v) is 8.60. The van der Waals surface area contributed by atoms with Gasteiger partial charge in [-0.1, -0.05) is 13.8 Å². The highest BCUT2D eigenvalue weighted by atomic mass is 32.2. The van der Waals surface area contributed by atoms with E-state index in [2.05, 4.69) is 29.2 Å². The van der Waals surface area contributed by atoms with Crippen LogP contribution in [-0.2, 0) is 9.59 Å². The number of carbonyl (C=O) groups excluding carboxylic acids is 2. The Hall–Kier alpha value is -1.57. The Kier molecular flexibility index (Phi) is 5.44. The number of amides is 2. The third kappa shape index (κ3) is 3.60. The zero-order valence-electron chi connectivity index (χ0n) is 13.4. The fourth-order valence-electron chi connectivity index (χ4n) is 2.13. The van der Waals surface area contributed by atoms with Crippen LogP contribution in [0.15, 0.2) is 12.7 Å². The highest BCUT2D eigenvalue weighted by Crippen LogP contribution is 2.24. The average Bonchev–Trinajstić information content (AvgIpc) is 3.16. The minimum absolute atomic E-state index is 0.0784. The maximum Gasteiger partial charge on any atom is 0.248 e. The molecule has 0 bridgehead atoms. The fourth-order valence-corrected chi connectivity index (χ4v) is 3.30. The molecule has 3 atom stereocenters.